The molecule has 90 valence electrons. The summed E-state index contributed by atoms with van der Waals surface area (Å²) >= 11 is 3.79. The van der Waals surface area contributed by atoms with Crippen molar-refractivity contribution in [3.05, 3.63) is 35.4 Å². The largest absolute Gasteiger partial charge is 0.0887 e. The first-order valence-electron chi connectivity index (χ1n) is 6.42. The van der Waals surface area contributed by atoms with Crippen molar-refractivity contribution >= 4 is 15.9 Å². The van der Waals surface area contributed by atoms with E-state index in [0.29, 0.717) is 4.83 Å². The molecule has 0 saturated carbocycles. The lowest BCUT2D eigenvalue weighted by atomic mass is 10.0. The number of hydrogen-bond acceptors (Lipinski definition) is 0. The topological polar surface area (TPSA) is 0 Å². The van der Waals surface area contributed by atoms with E-state index in [1.165, 1.54) is 43.2 Å². The van der Waals surface area contributed by atoms with Crippen molar-refractivity contribution in [1.82, 2.24) is 0 Å². The molecule has 1 rings (SSSR count). The lowest BCUT2D eigenvalue weighted by Gasteiger charge is -2.09. The molecule has 0 aliphatic heterocycles. The van der Waals surface area contributed by atoms with Crippen molar-refractivity contribution in [2.45, 2.75) is 57.2 Å². The van der Waals surface area contributed by atoms with Crippen LogP contribution in [0.1, 0.15) is 50.2 Å². The maximum absolute atomic E-state index is 3.79. The van der Waals surface area contributed by atoms with Gasteiger partial charge in [-0.05, 0) is 25.3 Å². The second-order valence-corrected chi connectivity index (χ2v) is 5.93. The van der Waals surface area contributed by atoms with Crippen LogP contribution >= 0.6 is 15.9 Å². The number of alkyl halides is 1. The molecule has 1 aromatic carbocycles. The number of rotatable bonds is 7. The van der Waals surface area contributed by atoms with Gasteiger partial charge in [0.1, 0.15) is 0 Å². The average molecular weight is 283 g/mol. The minimum atomic E-state index is 0.645. The predicted molar refractivity (Wildman–Crippen MR) is 76.4 cm³/mol. The van der Waals surface area contributed by atoms with Gasteiger partial charge in [-0.2, -0.15) is 0 Å². The second kappa shape index (κ2) is 7.89. The summed E-state index contributed by atoms with van der Waals surface area (Å²) in [5, 5.41) is 0. The molecule has 1 aromatic rings. The van der Waals surface area contributed by atoms with E-state index in [4.69, 9.17) is 0 Å². The van der Waals surface area contributed by atoms with Crippen LogP contribution in [0.25, 0.3) is 0 Å². The Balaban J connectivity index is 2.23. The van der Waals surface area contributed by atoms with E-state index >= 15 is 0 Å². The Labute approximate surface area is 109 Å². The summed E-state index contributed by atoms with van der Waals surface area (Å²) in [5.41, 5.74) is 2.79. The highest BCUT2D eigenvalue weighted by atomic mass is 79.9. The van der Waals surface area contributed by atoms with Gasteiger partial charge in [0.15, 0.2) is 0 Å². The standard InChI is InChI=1S/C15H23Br/c1-3-4-5-6-7-15(16)12-14-10-8-13(2)9-11-14/h8-11,15H,3-7,12H2,1-2H3. The molecule has 0 fully saturated rings. The van der Waals surface area contributed by atoms with E-state index in [-0.39, 0.29) is 0 Å². The molecular formula is C15H23Br. The molecule has 0 amide bonds. The number of unbranched alkanes of at least 4 members (excludes halogenated alkanes) is 3. The molecule has 0 aliphatic carbocycles. The third-order valence-electron chi connectivity index (χ3n) is 2.95. The molecule has 0 nitrogen and oxygen atoms in total. The molecule has 0 spiro atoms. The van der Waals surface area contributed by atoms with Crippen LogP contribution in [-0.4, -0.2) is 4.83 Å². The van der Waals surface area contributed by atoms with Gasteiger partial charge in [-0.1, -0.05) is 78.4 Å². The summed E-state index contributed by atoms with van der Waals surface area (Å²) in [7, 11) is 0. The van der Waals surface area contributed by atoms with Crippen molar-refractivity contribution in [2.24, 2.45) is 0 Å². The summed E-state index contributed by atoms with van der Waals surface area (Å²) in [6.45, 7) is 4.40. The van der Waals surface area contributed by atoms with Crippen molar-refractivity contribution in [3.8, 4) is 0 Å². The molecule has 0 bridgehead atoms. The van der Waals surface area contributed by atoms with Gasteiger partial charge in [-0.3, -0.25) is 0 Å². The summed E-state index contributed by atoms with van der Waals surface area (Å²) < 4.78 is 0. The molecule has 16 heavy (non-hydrogen) atoms. The molecule has 0 aromatic heterocycles. The van der Waals surface area contributed by atoms with Gasteiger partial charge in [0.25, 0.3) is 0 Å². The van der Waals surface area contributed by atoms with Gasteiger partial charge in [0.05, 0.1) is 0 Å². The van der Waals surface area contributed by atoms with Crippen LogP contribution in [0.3, 0.4) is 0 Å². The lowest BCUT2D eigenvalue weighted by molar-refractivity contribution is 0.619. The highest BCUT2D eigenvalue weighted by Gasteiger charge is 2.04. The number of aryl methyl sites for hydroxylation is 1. The molecule has 0 heterocycles. The van der Waals surface area contributed by atoms with Gasteiger partial charge in [-0.15, -0.1) is 0 Å². The zero-order valence-electron chi connectivity index (χ0n) is 10.5. The fraction of sp³-hybridized carbons (Fsp3) is 0.600. The van der Waals surface area contributed by atoms with Crippen molar-refractivity contribution in [2.75, 3.05) is 0 Å². The Hall–Kier alpha value is -0.300. The van der Waals surface area contributed by atoms with E-state index < -0.39 is 0 Å². The minimum absolute atomic E-state index is 0.645. The van der Waals surface area contributed by atoms with Crippen LogP contribution in [0.15, 0.2) is 24.3 Å². The van der Waals surface area contributed by atoms with Crippen molar-refractivity contribution in [3.63, 3.8) is 0 Å². The van der Waals surface area contributed by atoms with E-state index in [0.717, 1.165) is 6.42 Å². The molecule has 1 unspecified atom stereocenters. The van der Waals surface area contributed by atoms with Gasteiger partial charge < -0.3 is 0 Å². The monoisotopic (exact) mass is 282 g/mol. The molecule has 0 aliphatic rings. The molecule has 0 radical (unpaired) electrons. The van der Waals surface area contributed by atoms with Crippen molar-refractivity contribution in [1.29, 1.82) is 0 Å². The number of benzene rings is 1. The summed E-state index contributed by atoms with van der Waals surface area (Å²) in [6.07, 6.45) is 7.90. The van der Waals surface area contributed by atoms with Gasteiger partial charge in [-0.25, -0.2) is 0 Å². The van der Waals surface area contributed by atoms with E-state index in [2.05, 4.69) is 54.0 Å². The first-order chi connectivity index (χ1) is 7.72. The maximum Gasteiger partial charge on any atom is 0.0186 e. The van der Waals surface area contributed by atoms with E-state index in [1.54, 1.807) is 0 Å². The first-order valence-corrected chi connectivity index (χ1v) is 7.33. The van der Waals surface area contributed by atoms with Crippen LogP contribution in [0.4, 0.5) is 0 Å². The van der Waals surface area contributed by atoms with Crippen LogP contribution in [-0.2, 0) is 6.42 Å². The van der Waals surface area contributed by atoms with Gasteiger partial charge >= 0.3 is 0 Å². The highest BCUT2D eigenvalue weighted by molar-refractivity contribution is 9.09. The van der Waals surface area contributed by atoms with Gasteiger partial charge in [0.2, 0.25) is 0 Å². The van der Waals surface area contributed by atoms with Crippen LogP contribution in [0.5, 0.6) is 0 Å². The quantitative estimate of drug-likeness (QED) is 0.472. The molecule has 0 N–H and O–H groups in total. The third kappa shape index (κ3) is 5.69. The summed E-state index contributed by atoms with van der Waals surface area (Å²) in [6, 6.07) is 8.89. The van der Waals surface area contributed by atoms with Crippen LogP contribution in [0, 0.1) is 6.92 Å². The Morgan fingerprint density at radius 1 is 1.06 bits per heavy atom. The Morgan fingerprint density at radius 2 is 1.75 bits per heavy atom. The fourth-order valence-corrected chi connectivity index (χ4v) is 2.57. The summed E-state index contributed by atoms with van der Waals surface area (Å²) in [4.78, 5) is 0.645. The average Bonchev–Trinajstić information content (AvgIpc) is 2.28. The third-order valence-corrected chi connectivity index (χ3v) is 3.73. The zero-order chi connectivity index (χ0) is 11.8. The maximum atomic E-state index is 3.79. The minimum Gasteiger partial charge on any atom is -0.0887 e. The van der Waals surface area contributed by atoms with Crippen molar-refractivity contribution < 1.29 is 0 Å². The van der Waals surface area contributed by atoms with E-state index in [1.807, 2.05) is 0 Å². The SMILES string of the molecule is CCCCCCC(Br)Cc1ccc(C)cc1. The lowest BCUT2D eigenvalue weighted by Crippen LogP contribution is -2.02. The molecular weight excluding hydrogens is 260 g/mol. The Kier molecular flexibility index (Phi) is 6.79. The fourth-order valence-electron chi connectivity index (χ4n) is 1.87. The number of halogens is 1. The first kappa shape index (κ1) is 13.8. The normalized spacial score (nSPS) is 12.7. The molecule has 1 atom stereocenters. The van der Waals surface area contributed by atoms with Gasteiger partial charge in [0, 0.05) is 4.83 Å². The highest BCUT2D eigenvalue weighted by Crippen LogP contribution is 2.17. The Morgan fingerprint density at radius 3 is 2.38 bits per heavy atom. The summed E-state index contributed by atoms with van der Waals surface area (Å²) in [5.74, 6) is 0. The van der Waals surface area contributed by atoms with Crippen LogP contribution < -0.4 is 0 Å². The Bertz CT molecular complexity index is 276. The second-order valence-electron chi connectivity index (χ2n) is 4.64. The van der Waals surface area contributed by atoms with E-state index in [9.17, 15) is 0 Å². The number of hydrogen-bond donors (Lipinski definition) is 0. The van der Waals surface area contributed by atoms with Crippen LogP contribution in [0.2, 0.25) is 0 Å². The molecule has 0 saturated heterocycles. The zero-order valence-corrected chi connectivity index (χ0v) is 12.1. The smallest absolute Gasteiger partial charge is 0.0186 e. The predicted octanol–water partition coefficient (Wildman–Crippen LogP) is 5.27. The molecule has 1 heteroatoms.